The number of benzene rings is 2. The summed E-state index contributed by atoms with van der Waals surface area (Å²) in [5.74, 6) is -1.23. The van der Waals surface area contributed by atoms with Gasteiger partial charge in [0.1, 0.15) is 34.9 Å². The maximum absolute atomic E-state index is 13.7. The van der Waals surface area contributed by atoms with E-state index in [1.807, 2.05) is 6.07 Å². The van der Waals surface area contributed by atoms with Crippen LogP contribution in [0.15, 0.2) is 60.8 Å². The SMILES string of the molecule is C[C@](O)(CCC(=O)c1cc(NC(=O)C2CNC2)c2ncccc2c1)c1cc2c(c(-c3ccc(F)cc3)n1)OC[C@]2(C)C(N)=O. The van der Waals surface area contributed by atoms with E-state index >= 15 is 0 Å². The maximum atomic E-state index is 13.7. The molecule has 4 heterocycles. The van der Waals surface area contributed by atoms with Crippen molar-refractivity contribution in [2.75, 3.05) is 25.0 Å². The second kappa shape index (κ2) is 11.1. The summed E-state index contributed by atoms with van der Waals surface area (Å²) in [4.78, 5) is 47.8. The molecular formula is C33H32FN5O5. The number of ether oxygens (including phenoxy) is 1. The lowest BCUT2D eigenvalue weighted by atomic mass is 9.81. The van der Waals surface area contributed by atoms with Gasteiger partial charge in [-0.15, -0.1) is 0 Å². The number of nitrogens with two attached hydrogens (primary N) is 1. The Morgan fingerprint density at radius 1 is 1.18 bits per heavy atom. The predicted molar refractivity (Wildman–Crippen MR) is 162 cm³/mol. The molecule has 44 heavy (non-hydrogen) atoms. The topological polar surface area (TPSA) is 157 Å². The molecular weight excluding hydrogens is 565 g/mol. The number of fused-ring (bicyclic) bond motifs is 2. The average Bonchev–Trinajstić information content (AvgIpc) is 3.33. The van der Waals surface area contributed by atoms with E-state index in [1.165, 1.54) is 24.3 Å². The first-order chi connectivity index (χ1) is 21.0. The number of halogens is 1. The molecule has 6 rings (SSSR count). The number of primary amides is 1. The molecule has 0 spiro atoms. The van der Waals surface area contributed by atoms with Gasteiger partial charge in [-0.3, -0.25) is 19.4 Å². The standard InChI is InChI=1S/C33H32FN5O5/c1-32(31(35)42)17-44-29-23(32)14-26(39-28(29)18-5-7-22(34)8-6-18)33(2,43)10-9-25(40)20-12-19-4-3-11-37-27(19)24(13-20)38-30(41)21-15-36-16-21/h3-8,11-14,21,36,43H,9-10,15-17H2,1-2H3,(H2,35,42)(H,38,41)/t32-,33-/m0/s1. The van der Waals surface area contributed by atoms with Gasteiger partial charge in [-0.05, 0) is 68.8 Å². The number of rotatable bonds is 9. The molecule has 0 aliphatic carbocycles. The highest BCUT2D eigenvalue weighted by Crippen LogP contribution is 2.46. The zero-order valence-corrected chi connectivity index (χ0v) is 24.3. The second-order valence-electron chi connectivity index (χ2n) is 11.9. The number of carbonyl (C=O) groups excluding carboxylic acids is 3. The number of nitrogens with zero attached hydrogens (tertiary/aromatic N) is 2. The van der Waals surface area contributed by atoms with Crippen LogP contribution in [0.1, 0.15) is 48.3 Å². The summed E-state index contributed by atoms with van der Waals surface area (Å²) in [5, 5.41) is 18.4. The fourth-order valence-electron chi connectivity index (χ4n) is 5.45. The molecule has 10 nitrogen and oxygen atoms in total. The van der Waals surface area contributed by atoms with Crippen molar-refractivity contribution in [2.24, 2.45) is 11.7 Å². The van der Waals surface area contributed by atoms with Gasteiger partial charge < -0.3 is 26.2 Å². The normalized spacial score (nSPS) is 19.0. The van der Waals surface area contributed by atoms with Gasteiger partial charge in [0.25, 0.3) is 0 Å². The number of Topliss-reactive ketones (excluding diaryl/α,β-unsaturated/α-hetero) is 1. The van der Waals surface area contributed by atoms with Crippen LogP contribution in [0.3, 0.4) is 0 Å². The molecule has 4 aromatic rings. The number of aromatic nitrogens is 2. The van der Waals surface area contributed by atoms with Crippen molar-refractivity contribution in [3.05, 3.63) is 83.4 Å². The summed E-state index contributed by atoms with van der Waals surface area (Å²) in [6.45, 7) is 4.38. The van der Waals surface area contributed by atoms with Crippen molar-refractivity contribution in [1.82, 2.24) is 15.3 Å². The van der Waals surface area contributed by atoms with E-state index in [9.17, 15) is 23.9 Å². The highest BCUT2D eigenvalue weighted by molar-refractivity contribution is 6.07. The minimum Gasteiger partial charge on any atom is -0.489 e. The molecule has 1 saturated heterocycles. The van der Waals surface area contributed by atoms with Crippen LogP contribution in [0.25, 0.3) is 22.2 Å². The Morgan fingerprint density at radius 2 is 1.93 bits per heavy atom. The van der Waals surface area contributed by atoms with Crippen molar-refractivity contribution in [2.45, 2.75) is 37.7 Å². The third-order valence-corrected chi connectivity index (χ3v) is 8.56. The highest BCUT2D eigenvalue weighted by atomic mass is 19.1. The molecule has 0 radical (unpaired) electrons. The van der Waals surface area contributed by atoms with Crippen LogP contribution in [-0.4, -0.2) is 52.4 Å². The molecule has 2 aromatic heterocycles. The molecule has 2 amide bonds. The Kier molecular flexibility index (Phi) is 7.38. The monoisotopic (exact) mass is 597 g/mol. The Labute approximate surface area is 252 Å². The van der Waals surface area contributed by atoms with Crippen molar-refractivity contribution in [3.8, 4) is 17.0 Å². The number of aliphatic hydroxyl groups is 1. The van der Waals surface area contributed by atoms with E-state index in [1.54, 1.807) is 44.3 Å². The number of amides is 2. The number of nitrogens with one attached hydrogen (secondary N) is 2. The van der Waals surface area contributed by atoms with Crippen LogP contribution in [0.5, 0.6) is 5.75 Å². The summed E-state index contributed by atoms with van der Waals surface area (Å²) in [6, 6.07) is 14.1. The van der Waals surface area contributed by atoms with Crippen molar-refractivity contribution < 1.29 is 28.6 Å². The Morgan fingerprint density at radius 3 is 2.61 bits per heavy atom. The van der Waals surface area contributed by atoms with Crippen LogP contribution in [-0.2, 0) is 20.6 Å². The number of hydrogen-bond acceptors (Lipinski definition) is 8. The van der Waals surface area contributed by atoms with Crippen molar-refractivity contribution >= 4 is 34.2 Å². The first kappa shape index (κ1) is 29.3. The lowest BCUT2D eigenvalue weighted by molar-refractivity contribution is -0.123. The summed E-state index contributed by atoms with van der Waals surface area (Å²) < 4.78 is 19.6. The van der Waals surface area contributed by atoms with Gasteiger partial charge in [-0.1, -0.05) is 6.07 Å². The number of ketones is 1. The molecule has 11 heteroatoms. The molecule has 5 N–H and O–H groups in total. The van der Waals surface area contributed by atoms with Crippen LogP contribution < -0.4 is 21.1 Å². The molecule has 226 valence electrons. The molecule has 1 fully saturated rings. The first-order valence-corrected chi connectivity index (χ1v) is 14.4. The van der Waals surface area contributed by atoms with Gasteiger partial charge in [0.05, 0.1) is 22.8 Å². The number of anilines is 1. The summed E-state index contributed by atoms with van der Waals surface area (Å²) >= 11 is 0. The van der Waals surface area contributed by atoms with Crippen molar-refractivity contribution in [3.63, 3.8) is 0 Å². The maximum Gasteiger partial charge on any atom is 0.231 e. The minimum atomic E-state index is -1.60. The fraction of sp³-hybridized carbons (Fsp3) is 0.303. The smallest absolute Gasteiger partial charge is 0.231 e. The van der Waals surface area contributed by atoms with E-state index in [0.29, 0.717) is 57.8 Å². The minimum absolute atomic E-state index is 0.00483. The number of carbonyl (C=O) groups is 3. The molecule has 0 bridgehead atoms. The molecule has 0 saturated carbocycles. The van der Waals surface area contributed by atoms with Crippen LogP contribution in [0, 0.1) is 11.7 Å². The van der Waals surface area contributed by atoms with Crippen LogP contribution in [0.2, 0.25) is 0 Å². The Balaban J connectivity index is 1.30. The van der Waals surface area contributed by atoms with E-state index in [-0.39, 0.29) is 42.8 Å². The van der Waals surface area contributed by atoms with Gasteiger partial charge in [-0.2, -0.15) is 0 Å². The molecule has 2 aliphatic rings. The van der Waals surface area contributed by atoms with Gasteiger partial charge in [0.15, 0.2) is 5.78 Å². The van der Waals surface area contributed by atoms with Gasteiger partial charge >= 0.3 is 0 Å². The fourth-order valence-corrected chi connectivity index (χ4v) is 5.45. The zero-order chi connectivity index (χ0) is 31.2. The Bertz CT molecular complexity index is 1800. The lowest BCUT2D eigenvalue weighted by Gasteiger charge is -2.26. The summed E-state index contributed by atoms with van der Waals surface area (Å²) in [7, 11) is 0. The molecule has 2 aliphatic heterocycles. The predicted octanol–water partition coefficient (Wildman–Crippen LogP) is 3.60. The van der Waals surface area contributed by atoms with Crippen LogP contribution in [0.4, 0.5) is 10.1 Å². The average molecular weight is 598 g/mol. The van der Waals surface area contributed by atoms with Gasteiger partial charge in [0, 0.05) is 47.8 Å². The van der Waals surface area contributed by atoms with Gasteiger partial charge in [0.2, 0.25) is 11.8 Å². The first-order valence-electron chi connectivity index (χ1n) is 14.4. The number of pyridine rings is 2. The summed E-state index contributed by atoms with van der Waals surface area (Å²) in [5.41, 5.74) is 5.91. The Hall–Kier alpha value is -4.74. The lowest BCUT2D eigenvalue weighted by Crippen LogP contribution is -2.48. The van der Waals surface area contributed by atoms with E-state index in [0.717, 1.165) is 0 Å². The molecule has 2 atom stereocenters. The summed E-state index contributed by atoms with van der Waals surface area (Å²) in [6.07, 6.45) is 1.57. The molecule has 2 aromatic carbocycles. The second-order valence-corrected chi connectivity index (χ2v) is 11.9. The third kappa shape index (κ3) is 5.29. The van der Waals surface area contributed by atoms with E-state index in [2.05, 4.69) is 20.6 Å². The number of hydrogen-bond donors (Lipinski definition) is 4. The quantitative estimate of drug-likeness (QED) is 0.213. The highest BCUT2D eigenvalue weighted by Gasteiger charge is 2.45. The van der Waals surface area contributed by atoms with Crippen molar-refractivity contribution in [1.29, 1.82) is 0 Å². The largest absolute Gasteiger partial charge is 0.489 e. The van der Waals surface area contributed by atoms with E-state index < -0.39 is 22.7 Å². The van der Waals surface area contributed by atoms with Gasteiger partial charge in [-0.25, -0.2) is 9.37 Å². The third-order valence-electron chi connectivity index (χ3n) is 8.56. The van der Waals surface area contributed by atoms with E-state index in [4.69, 9.17) is 10.5 Å². The van der Waals surface area contributed by atoms with Crippen LogP contribution >= 0.6 is 0 Å². The zero-order valence-electron chi connectivity index (χ0n) is 24.3. The molecule has 0 unspecified atom stereocenters.